The molecule has 0 aromatic heterocycles. The summed E-state index contributed by atoms with van der Waals surface area (Å²) in [6.07, 6.45) is 0. The van der Waals surface area contributed by atoms with Crippen molar-refractivity contribution >= 4 is 11.9 Å². The molecule has 0 atom stereocenters. The van der Waals surface area contributed by atoms with Gasteiger partial charge in [-0.15, -0.1) is 0 Å². The van der Waals surface area contributed by atoms with Gasteiger partial charge in [0, 0.05) is 6.54 Å². The van der Waals surface area contributed by atoms with Crippen molar-refractivity contribution in [1.82, 2.24) is 10.6 Å². The van der Waals surface area contributed by atoms with Crippen molar-refractivity contribution in [2.45, 2.75) is 13.5 Å². The van der Waals surface area contributed by atoms with Crippen LogP contribution in [0.1, 0.15) is 22.8 Å². The molecule has 0 radical (unpaired) electrons. The SMILES string of the molecule is CCNC(=O)NC(=O)c1ccccc1OCc1ccccc1. The van der Waals surface area contributed by atoms with Crippen molar-refractivity contribution in [3.63, 3.8) is 0 Å². The maximum atomic E-state index is 12.1. The summed E-state index contributed by atoms with van der Waals surface area (Å²) in [4.78, 5) is 23.5. The molecule has 5 heteroatoms. The molecule has 0 aliphatic heterocycles. The van der Waals surface area contributed by atoms with Gasteiger partial charge in [-0.25, -0.2) is 4.79 Å². The Morgan fingerprint density at radius 1 is 1.00 bits per heavy atom. The van der Waals surface area contributed by atoms with E-state index in [4.69, 9.17) is 4.74 Å². The first-order valence-corrected chi connectivity index (χ1v) is 7.05. The first-order chi connectivity index (χ1) is 10.7. The quantitative estimate of drug-likeness (QED) is 0.892. The summed E-state index contributed by atoms with van der Waals surface area (Å²) in [6, 6.07) is 16.0. The minimum Gasteiger partial charge on any atom is -0.488 e. The summed E-state index contributed by atoms with van der Waals surface area (Å²) in [5, 5.41) is 4.78. The topological polar surface area (TPSA) is 67.4 Å². The minimum atomic E-state index is -0.523. The van der Waals surface area contributed by atoms with Gasteiger partial charge in [0.25, 0.3) is 5.91 Å². The lowest BCUT2D eigenvalue weighted by atomic mass is 10.2. The van der Waals surface area contributed by atoms with Crippen LogP contribution in [-0.2, 0) is 6.61 Å². The van der Waals surface area contributed by atoms with Crippen molar-refractivity contribution < 1.29 is 14.3 Å². The Labute approximate surface area is 129 Å². The van der Waals surface area contributed by atoms with Crippen molar-refractivity contribution in [3.05, 3.63) is 65.7 Å². The van der Waals surface area contributed by atoms with Crippen molar-refractivity contribution in [3.8, 4) is 5.75 Å². The van der Waals surface area contributed by atoms with Crippen molar-refractivity contribution in [2.24, 2.45) is 0 Å². The molecule has 2 N–H and O–H groups in total. The molecule has 5 nitrogen and oxygen atoms in total. The third-order valence-electron chi connectivity index (χ3n) is 2.93. The van der Waals surface area contributed by atoms with Crippen LogP contribution in [0.3, 0.4) is 0 Å². The average molecular weight is 298 g/mol. The van der Waals surface area contributed by atoms with Crippen LogP contribution in [0.15, 0.2) is 54.6 Å². The molecule has 0 spiro atoms. The number of rotatable bonds is 5. The monoisotopic (exact) mass is 298 g/mol. The molecule has 0 aliphatic rings. The lowest BCUT2D eigenvalue weighted by Gasteiger charge is -2.11. The highest BCUT2D eigenvalue weighted by molar-refractivity contribution is 6.05. The molecule has 114 valence electrons. The van der Waals surface area contributed by atoms with E-state index in [1.165, 1.54) is 0 Å². The van der Waals surface area contributed by atoms with E-state index < -0.39 is 11.9 Å². The normalized spacial score (nSPS) is 9.86. The van der Waals surface area contributed by atoms with Crippen LogP contribution < -0.4 is 15.4 Å². The van der Waals surface area contributed by atoms with Crippen LogP contribution in [0.4, 0.5) is 4.79 Å². The molecule has 0 saturated carbocycles. The number of hydrogen-bond acceptors (Lipinski definition) is 3. The number of hydrogen-bond donors (Lipinski definition) is 2. The largest absolute Gasteiger partial charge is 0.488 e. The molecule has 0 fully saturated rings. The summed E-state index contributed by atoms with van der Waals surface area (Å²) < 4.78 is 5.69. The van der Waals surface area contributed by atoms with E-state index in [1.54, 1.807) is 31.2 Å². The van der Waals surface area contributed by atoms with Gasteiger partial charge in [-0.05, 0) is 24.6 Å². The molecule has 2 aromatic carbocycles. The highest BCUT2D eigenvalue weighted by Crippen LogP contribution is 2.19. The Balaban J connectivity index is 2.06. The Kier molecular flexibility index (Phi) is 5.54. The second kappa shape index (κ2) is 7.83. The van der Waals surface area contributed by atoms with Crippen LogP contribution >= 0.6 is 0 Å². The Hall–Kier alpha value is -2.82. The minimum absolute atomic E-state index is 0.324. The molecule has 0 unspecified atom stereocenters. The van der Waals surface area contributed by atoms with Crippen LogP contribution in [0.2, 0.25) is 0 Å². The third kappa shape index (κ3) is 4.34. The van der Waals surface area contributed by atoms with E-state index in [-0.39, 0.29) is 0 Å². The van der Waals surface area contributed by atoms with Gasteiger partial charge in [-0.2, -0.15) is 0 Å². The number of para-hydroxylation sites is 1. The molecule has 0 saturated heterocycles. The maximum absolute atomic E-state index is 12.1. The number of urea groups is 1. The second-order valence-corrected chi connectivity index (χ2v) is 4.58. The Morgan fingerprint density at radius 2 is 1.68 bits per heavy atom. The van der Waals surface area contributed by atoms with E-state index in [0.717, 1.165) is 5.56 Å². The second-order valence-electron chi connectivity index (χ2n) is 4.58. The summed E-state index contributed by atoms with van der Waals surface area (Å²) in [7, 11) is 0. The molecular weight excluding hydrogens is 280 g/mol. The molecule has 0 aliphatic carbocycles. The number of imide groups is 1. The van der Waals surface area contributed by atoms with Crippen LogP contribution in [-0.4, -0.2) is 18.5 Å². The number of amides is 3. The van der Waals surface area contributed by atoms with Crippen molar-refractivity contribution in [1.29, 1.82) is 0 Å². The highest BCUT2D eigenvalue weighted by atomic mass is 16.5. The van der Waals surface area contributed by atoms with Gasteiger partial charge < -0.3 is 10.1 Å². The first kappa shape index (κ1) is 15.6. The zero-order valence-electron chi connectivity index (χ0n) is 12.3. The number of nitrogens with one attached hydrogen (secondary N) is 2. The van der Waals surface area contributed by atoms with Crippen LogP contribution in [0, 0.1) is 0 Å². The molecule has 0 bridgehead atoms. The standard InChI is InChI=1S/C17H18N2O3/c1-2-18-17(21)19-16(20)14-10-6-7-11-15(14)22-12-13-8-4-3-5-9-13/h3-11H,2,12H2,1H3,(H2,18,19,20,21). The van der Waals surface area contributed by atoms with E-state index in [0.29, 0.717) is 24.5 Å². The summed E-state index contributed by atoms with van der Waals surface area (Å²) in [5.74, 6) is -0.0530. The Morgan fingerprint density at radius 3 is 2.41 bits per heavy atom. The Bertz CT molecular complexity index is 641. The van der Waals surface area contributed by atoms with Gasteiger partial charge in [0.05, 0.1) is 5.56 Å². The van der Waals surface area contributed by atoms with E-state index >= 15 is 0 Å². The lowest BCUT2D eigenvalue weighted by Crippen LogP contribution is -2.39. The fourth-order valence-electron chi connectivity index (χ4n) is 1.89. The highest BCUT2D eigenvalue weighted by Gasteiger charge is 2.14. The summed E-state index contributed by atoms with van der Waals surface area (Å²) in [6.45, 7) is 2.58. The average Bonchev–Trinajstić information content (AvgIpc) is 2.54. The summed E-state index contributed by atoms with van der Waals surface area (Å²) in [5.41, 5.74) is 1.33. The molecule has 2 aromatic rings. The van der Waals surface area contributed by atoms with Crippen LogP contribution in [0.25, 0.3) is 0 Å². The van der Waals surface area contributed by atoms with E-state index in [9.17, 15) is 9.59 Å². The lowest BCUT2D eigenvalue weighted by molar-refractivity contribution is 0.0959. The molecule has 2 rings (SSSR count). The predicted octanol–water partition coefficient (Wildman–Crippen LogP) is 2.72. The number of ether oxygens (including phenoxy) is 1. The molecular formula is C17H18N2O3. The van der Waals surface area contributed by atoms with Gasteiger partial charge >= 0.3 is 6.03 Å². The molecule has 0 heterocycles. The number of carbonyl (C=O) groups is 2. The third-order valence-corrected chi connectivity index (χ3v) is 2.93. The van der Waals surface area contributed by atoms with Crippen LogP contribution in [0.5, 0.6) is 5.75 Å². The van der Waals surface area contributed by atoms with E-state index in [1.807, 2.05) is 30.3 Å². The van der Waals surface area contributed by atoms with E-state index in [2.05, 4.69) is 10.6 Å². The first-order valence-electron chi connectivity index (χ1n) is 7.05. The fraction of sp³-hybridized carbons (Fsp3) is 0.176. The predicted molar refractivity (Wildman–Crippen MR) is 83.8 cm³/mol. The van der Waals surface area contributed by atoms with Gasteiger partial charge in [0.1, 0.15) is 12.4 Å². The van der Waals surface area contributed by atoms with Gasteiger partial charge in [0.15, 0.2) is 0 Å². The number of benzene rings is 2. The fourth-order valence-corrected chi connectivity index (χ4v) is 1.89. The zero-order valence-corrected chi connectivity index (χ0v) is 12.3. The summed E-state index contributed by atoms with van der Waals surface area (Å²) >= 11 is 0. The van der Waals surface area contributed by atoms with Crippen molar-refractivity contribution in [2.75, 3.05) is 6.54 Å². The van der Waals surface area contributed by atoms with Gasteiger partial charge in [0.2, 0.25) is 0 Å². The van der Waals surface area contributed by atoms with Gasteiger partial charge in [-0.1, -0.05) is 42.5 Å². The smallest absolute Gasteiger partial charge is 0.321 e. The molecule has 3 amide bonds. The zero-order chi connectivity index (χ0) is 15.8. The van der Waals surface area contributed by atoms with Gasteiger partial charge in [-0.3, -0.25) is 10.1 Å². The maximum Gasteiger partial charge on any atom is 0.321 e. The number of carbonyl (C=O) groups excluding carboxylic acids is 2. The molecule has 22 heavy (non-hydrogen) atoms.